The number of aliphatic hydroxyl groups excluding tert-OH is 1. The first-order valence-electron chi connectivity index (χ1n) is 9.47. The molecule has 1 N–H and O–H groups in total. The third-order valence-electron chi connectivity index (χ3n) is 5.52. The van der Waals surface area contributed by atoms with Gasteiger partial charge >= 0.3 is 0 Å². The second-order valence-electron chi connectivity index (χ2n) is 7.33. The minimum Gasteiger partial charge on any atom is -0.392 e. The van der Waals surface area contributed by atoms with E-state index in [-0.39, 0.29) is 30.4 Å². The van der Waals surface area contributed by atoms with Crippen molar-refractivity contribution in [2.24, 2.45) is 0 Å². The standard InChI is InChI=1S/C25H20O4/c1-14-11-21-23(25(29)19-10-6-5-9-18(19)24(21)28)20(22(14)15(2)27)12-16-7-3-4-8-17(16)13-26/h3-11,26H,12-13H2,1-2H3. The Balaban J connectivity index is 2.02. The molecule has 4 nitrogen and oxygen atoms in total. The summed E-state index contributed by atoms with van der Waals surface area (Å²) in [6, 6.07) is 15.8. The van der Waals surface area contributed by atoms with E-state index in [9.17, 15) is 19.5 Å². The van der Waals surface area contributed by atoms with Crippen LogP contribution >= 0.6 is 0 Å². The average Bonchev–Trinajstić information content (AvgIpc) is 2.71. The molecule has 4 rings (SSSR count). The van der Waals surface area contributed by atoms with Crippen LogP contribution in [0.5, 0.6) is 0 Å². The average molecular weight is 384 g/mol. The highest BCUT2D eigenvalue weighted by molar-refractivity contribution is 6.29. The third-order valence-corrected chi connectivity index (χ3v) is 5.52. The van der Waals surface area contributed by atoms with Crippen LogP contribution < -0.4 is 0 Å². The molecule has 0 saturated heterocycles. The molecule has 0 bridgehead atoms. The number of fused-ring (bicyclic) bond motifs is 2. The van der Waals surface area contributed by atoms with Gasteiger partial charge < -0.3 is 5.11 Å². The van der Waals surface area contributed by atoms with E-state index in [1.54, 1.807) is 37.3 Å². The molecular weight excluding hydrogens is 364 g/mol. The van der Waals surface area contributed by atoms with E-state index < -0.39 is 0 Å². The molecule has 0 aliphatic heterocycles. The fraction of sp³-hybridized carbons (Fsp3) is 0.160. The van der Waals surface area contributed by atoms with Gasteiger partial charge in [0, 0.05) is 27.8 Å². The molecule has 1 aliphatic rings. The van der Waals surface area contributed by atoms with Gasteiger partial charge in [-0.25, -0.2) is 0 Å². The molecule has 0 unspecified atom stereocenters. The smallest absolute Gasteiger partial charge is 0.194 e. The number of aryl methyl sites for hydroxylation is 1. The van der Waals surface area contributed by atoms with Gasteiger partial charge in [0.2, 0.25) is 0 Å². The predicted octanol–water partition coefficient (Wildman–Crippen LogP) is 4.06. The van der Waals surface area contributed by atoms with Gasteiger partial charge in [0.25, 0.3) is 0 Å². The Labute approximate surface area is 168 Å². The monoisotopic (exact) mass is 384 g/mol. The normalized spacial score (nSPS) is 12.5. The van der Waals surface area contributed by atoms with Gasteiger partial charge in [0.15, 0.2) is 17.3 Å². The Morgan fingerprint density at radius 1 is 0.862 bits per heavy atom. The minimum atomic E-state index is -0.242. The Bertz CT molecular complexity index is 1190. The number of carbonyl (C=O) groups is 3. The number of hydrogen-bond donors (Lipinski definition) is 1. The van der Waals surface area contributed by atoms with Crippen LogP contribution in [0.1, 0.15) is 71.4 Å². The lowest BCUT2D eigenvalue weighted by molar-refractivity contribution is 0.0976. The molecule has 0 fully saturated rings. The van der Waals surface area contributed by atoms with E-state index >= 15 is 0 Å². The Hall–Kier alpha value is -3.37. The van der Waals surface area contributed by atoms with Crippen molar-refractivity contribution < 1.29 is 19.5 Å². The van der Waals surface area contributed by atoms with Crippen LogP contribution in [0.2, 0.25) is 0 Å². The lowest BCUT2D eigenvalue weighted by atomic mass is 9.77. The van der Waals surface area contributed by atoms with E-state index in [1.807, 2.05) is 24.3 Å². The highest BCUT2D eigenvalue weighted by Crippen LogP contribution is 2.34. The number of Topliss-reactive ketones (excluding diaryl/α,β-unsaturated/α-hetero) is 1. The number of hydrogen-bond acceptors (Lipinski definition) is 4. The molecule has 0 saturated carbocycles. The molecule has 3 aromatic carbocycles. The van der Waals surface area contributed by atoms with Gasteiger partial charge in [0.05, 0.1) is 6.61 Å². The zero-order chi connectivity index (χ0) is 20.7. The largest absolute Gasteiger partial charge is 0.392 e. The van der Waals surface area contributed by atoms with Crippen LogP contribution in [0, 0.1) is 6.92 Å². The predicted molar refractivity (Wildman–Crippen MR) is 110 cm³/mol. The zero-order valence-corrected chi connectivity index (χ0v) is 16.3. The molecule has 29 heavy (non-hydrogen) atoms. The summed E-state index contributed by atoms with van der Waals surface area (Å²) < 4.78 is 0. The Morgan fingerprint density at radius 2 is 1.45 bits per heavy atom. The molecule has 1 aliphatic carbocycles. The Morgan fingerprint density at radius 3 is 2.07 bits per heavy atom. The summed E-state index contributed by atoms with van der Waals surface area (Å²) in [5.41, 5.74) is 4.65. The van der Waals surface area contributed by atoms with Gasteiger partial charge in [0.1, 0.15) is 0 Å². The SMILES string of the molecule is CC(=O)c1c(C)cc2c(c1Cc1ccccc1CO)C(=O)c1ccccc1C2=O. The van der Waals surface area contributed by atoms with Crippen molar-refractivity contribution in [3.05, 3.63) is 105 Å². The fourth-order valence-electron chi connectivity index (χ4n) is 4.23. The first-order chi connectivity index (χ1) is 13.9. The van der Waals surface area contributed by atoms with E-state index in [0.29, 0.717) is 38.9 Å². The lowest BCUT2D eigenvalue weighted by Crippen LogP contribution is -2.25. The van der Waals surface area contributed by atoms with Crippen molar-refractivity contribution in [2.45, 2.75) is 26.9 Å². The molecule has 0 spiro atoms. The summed E-state index contributed by atoms with van der Waals surface area (Å²) in [5, 5.41) is 9.70. The molecule has 0 aromatic heterocycles. The number of carbonyl (C=O) groups excluding carboxylic acids is 3. The number of benzene rings is 3. The maximum absolute atomic E-state index is 13.4. The molecule has 4 heteroatoms. The summed E-state index contributed by atoms with van der Waals surface area (Å²) in [4.78, 5) is 39.0. The zero-order valence-electron chi connectivity index (χ0n) is 16.3. The summed E-state index contributed by atoms with van der Waals surface area (Å²) in [6.45, 7) is 3.12. The first-order valence-corrected chi connectivity index (χ1v) is 9.47. The number of ketones is 3. The third kappa shape index (κ3) is 3.02. The quantitative estimate of drug-likeness (QED) is 0.539. The van der Waals surface area contributed by atoms with Crippen molar-refractivity contribution in [2.75, 3.05) is 0 Å². The first kappa shape index (κ1) is 19.0. The molecule has 3 aromatic rings. The number of aliphatic hydroxyl groups is 1. The van der Waals surface area contributed by atoms with Crippen LogP contribution in [-0.2, 0) is 13.0 Å². The lowest BCUT2D eigenvalue weighted by Gasteiger charge is -2.24. The highest BCUT2D eigenvalue weighted by Gasteiger charge is 2.34. The van der Waals surface area contributed by atoms with E-state index in [2.05, 4.69) is 0 Å². The van der Waals surface area contributed by atoms with E-state index in [4.69, 9.17) is 0 Å². The molecule has 0 radical (unpaired) electrons. The summed E-state index contributed by atoms with van der Waals surface area (Å²) in [6.07, 6.45) is 0.289. The van der Waals surface area contributed by atoms with Gasteiger partial charge in [-0.1, -0.05) is 48.5 Å². The van der Waals surface area contributed by atoms with Crippen molar-refractivity contribution in [1.29, 1.82) is 0 Å². The van der Waals surface area contributed by atoms with Crippen LogP contribution in [0.3, 0.4) is 0 Å². The maximum Gasteiger partial charge on any atom is 0.194 e. The topological polar surface area (TPSA) is 71.4 Å². The molecule has 0 amide bonds. The molecule has 144 valence electrons. The van der Waals surface area contributed by atoms with Crippen LogP contribution in [-0.4, -0.2) is 22.5 Å². The Kier molecular flexibility index (Phi) is 4.73. The van der Waals surface area contributed by atoms with Crippen LogP contribution in [0.15, 0.2) is 54.6 Å². The second-order valence-corrected chi connectivity index (χ2v) is 7.33. The summed E-state index contributed by atoms with van der Waals surface area (Å²) in [7, 11) is 0. The fourth-order valence-corrected chi connectivity index (χ4v) is 4.23. The van der Waals surface area contributed by atoms with Crippen molar-refractivity contribution >= 4 is 17.3 Å². The second kappa shape index (κ2) is 7.22. The van der Waals surface area contributed by atoms with Gasteiger partial charge in [-0.2, -0.15) is 0 Å². The van der Waals surface area contributed by atoms with Crippen molar-refractivity contribution in [3.63, 3.8) is 0 Å². The molecule has 0 atom stereocenters. The maximum atomic E-state index is 13.4. The summed E-state index contributed by atoms with van der Waals surface area (Å²) in [5.74, 6) is -0.597. The van der Waals surface area contributed by atoms with E-state index in [0.717, 1.165) is 11.1 Å². The van der Waals surface area contributed by atoms with Gasteiger partial charge in [-0.05, 0) is 48.6 Å². The van der Waals surface area contributed by atoms with Crippen molar-refractivity contribution in [1.82, 2.24) is 0 Å². The molecule has 0 heterocycles. The number of rotatable bonds is 4. The van der Waals surface area contributed by atoms with Crippen LogP contribution in [0.4, 0.5) is 0 Å². The minimum absolute atomic E-state index is 0.144. The van der Waals surface area contributed by atoms with E-state index in [1.165, 1.54) is 6.92 Å². The molecular formula is C25H20O4. The summed E-state index contributed by atoms with van der Waals surface area (Å²) >= 11 is 0. The van der Waals surface area contributed by atoms with Gasteiger partial charge in [-0.15, -0.1) is 0 Å². The van der Waals surface area contributed by atoms with Gasteiger partial charge in [-0.3, -0.25) is 14.4 Å². The van der Waals surface area contributed by atoms with Crippen molar-refractivity contribution in [3.8, 4) is 0 Å². The van der Waals surface area contributed by atoms with Crippen LogP contribution in [0.25, 0.3) is 0 Å². The highest BCUT2D eigenvalue weighted by atomic mass is 16.3.